The average molecular weight is 392 g/mol. The third-order valence-electron chi connectivity index (χ3n) is 3.38. The van der Waals surface area contributed by atoms with Crippen LogP contribution < -0.4 is 4.72 Å². The van der Waals surface area contributed by atoms with Crippen LogP contribution in [0.2, 0.25) is 0 Å². The SMILES string of the molecule is CC(=S)N(O)C(C)C#Cc1ccc(NS(=O)(=O)c2ccc(F)cc2)cc1. The van der Waals surface area contributed by atoms with Gasteiger partial charge in [-0.1, -0.05) is 24.1 Å². The second kappa shape index (κ2) is 8.27. The first-order valence-corrected chi connectivity index (χ1v) is 9.47. The van der Waals surface area contributed by atoms with E-state index in [0.29, 0.717) is 16.2 Å². The molecule has 0 bridgehead atoms. The van der Waals surface area contributed by atoms with Crippen molar-refractivity contribution in [1.82, 2.24) is 5.06 Å². The smallest absolute Gasteiger partial charge is 0.261 e. The maximum Gasteiger partial charge on any atom is 0.261 e. The summed E-state index contributed by atoms with van der Waals surface area (Å²) in [4.78, 5) is 0.285. The molecule has 2 rings (SSSR count). The zero-order valence-electron chi connectivity index (χ0n) is 14.1. The summed E-state index contributed by atoms with van der Waals surface area (Å²) in [6.45, 7) is 3.30. The van der Waals surface area contributed by atoms with Crippen molar-refractivity contribution in [1.29, 1.82) is 0 Å². The molecule has 5 nitrogen and oxygen atoms in total. The van der Waals surface area contributed by atoms with E-state index < -0.39 is 21.9 Å². The standard InChI is InChI=1S/C18H17FN2O3S2/c1-13(21(22)14(2)25)3-4-15-5-9-17(10-6-15)20-26(23,24)18-11-7-16(19)8-12-18/h5-13,20,22H,1-2H3. The summed E-state index contributed by atoms with van der Waals surface area (Å²) < 4.78 is 39.8. The van der Waals surface area contributed by atoms with Gasteiger partial charge in [-0.15, -0.1) is 0 Å². The number of anilines is 1. The van der Waals surface area contributed by atoms with Gasteiger partial charge in [0.1, 0.15) is 16.8 Å². The Kier molecular flexibility index (Phi) is 6.32. The quantitative estimate of drug-likeness (QED) is 0.474. The van der Waals surface area contributed by atoms with Gasteiger partial charge >= 0.3 is 0 Å². The van der Waals surface area contributed by atoms with Crippen LogP contribution in [0.3, 0.4) is 0 Å². The molecule has 1 unspecified atom stereocenters. The summed E-state index contributed by atoms with van der Waals surface area (Å²) in [5, 5.41) is 10.6. The zero-order valence-corrected chi connectivity index (χ0v) is 15.7. The van der Waals surface area contributed by atoms with Crippen molar-refractivity contribution >= 4 is 32.9 Å². The van der Waals surface area contributed by atoms with E-state index in [1.54, 1.807) is 38.1 Å². The lowest BCUT2D eigenvalue weighted by atomic mass is 10.2. The lowest BCUT2D eigenvalue weighted by molar-refractivity contribution is -0.0279. The van der Waals surface area contributed by atoms with E-state index in [1.165, 1.54) is 12.1 Å². The van der Waals surface area contributed by atoms with Crippen LogP contribution in [0.15, 0.2) is 53.4 Å². The number of sulfonamides is 1. The third-order valence-corrected chi connectivity index (χ3v) is 4.96. The van der Waals surface area contributed by atoms with Gasteiger partial charge in [0.25, 0.3) is 10.0 Å². The number of rotatable bonds is 4. The van der Waals surface area contributed by atoms with Crippen LogP contribution in [0.5, 0.6) is 0 Å². The Morgan fingerprint density at radius 1 is 1.19 bits per heavy atom. The fourth-order valence-corrected chi connectivity index (χ4v) is 3.19. The number of hydrogen-bond acceptors (Lipinski definition) is 4. The largest absolute Gasteiger partial charge is 0.287 e. The molecule has 0 saturated heterocycles. The molecule has 0 aliphatic rings. The minimum atomic E-state index is -3.80. The van der Waals surface area contributed by atoms with Gasteiger partial charge < -0.3 is 0 Å². The molecular formula is C18H17FN2O3S2. The van der Waals surface area contributed by atoms with Crippen LogP contribution in [0, 0.1) is 17.7 Å². The average Bonchev–Trinajstić information content (AvgIpc) is 2.60. The Morgan fingerprint density at radius 3 is 2.31 bits per heavy atom. The number of halogens is 1. The molecule has 0 heterocycles. The Hall–Kier alpha value is -2.47. The molecule has 0 amide bonds. The predicted molar refractivity (Wildman–Crippen MR) is 102 cm³/mol. The highest BCUT2D eigenvalue weighted by molar-refractivity contribution is 7.92. The van der Waals surface area contributed by atoms with Gasteiger partial charge in [-0.25, -0.2) is 17.9 Å². The lowest BCUT2D eigenvalue weighted by Gasteiger charge is -2.17. The van der Waals surface area contributed by atoms with Crippen molar-refractivity contribution in [2.75, 3.05) is 4.72 Å². The van der Waals surface area contributed by atoms with Crippen molar-refractivity contribution < 1.29 is 18.0 Å². The molecule has 26 heavy (non-hydrogen) atoms. The van der Waals surface area contributed by atoms with Gasteiger partial charge in [-0.05, 0) is 62.4 Å². The lowest BCUT2D eigenvalue weighted by Crippen LogP contribution is -2.31. The fourth-order valence-electron chi connectivity index (χ4n) is 1.97. The van der Waals surface area contributed by atoms with E-state index in [1.807, 2.05) is 0 Å². The van der Waals surface area contributed by atoms with Crippen LogP contribution >= 0.6 is 12.2 Å². The molecule has 8 heteroatoms. The maximum atomic E-state index is 12.9. The summed E-state index contributed by atoms with van der Waals surface area (Å²) in [6, 6.07) is 10.5. The summed E-state index contributed by atoms with van der Waals surface area (Å²) in [5.41, 5.74) is 1.00. The van der Waals surface area contributed by atoms with E-state index in [9.17, 15) is 18.0 Å². The molecule has 0 aliphatic carbocycles. The molecule has 1 atom stereocenters. The first-order valence-electron chi connectivity index (χ1n) is 7.58. The summed E-state index contributed by atoms with van der Waals surface area (Å²) in [6.07, 6.45) is 0. The molecule has 0 radical (unpaired) electrons. The van der Waals surface area contributed by atoms with Crippen molar-refractivity contribution in [3.8, 4) is 11.8 Å². The summed E-state index contributed by atoms with van der Waals surface area (Å²) in [7, 11) is -3.80. The van der Waals surface area contributed by atoms with E-state index >= 15 is 0 Å². The van der Waals surface area contributed by atoms with E-state index in [-0.39, 0.29) is 4.90 Å². The van der Waals surface area contributed by atoms with Gasteiger partial charge in [0, 0.05) is 11.3 Å². The number of benzene rings is 2. The van der Waals surface area contributed by atoms with Gasteiger partial charge in [-0.3, -0.25) is 9.93 Å². The molecule has 0 fully saturated rings. The summed E-state index contributed by atoms with van der Waals surface area (Å²) in [5.74, 6) is 5.21. The topological polar surface area (TPSA) is 69.6 Å². The van der Waals surface area contributed by atoms with Crippen molar-refractivity contribution in [3.63, 3.8) is 0 Å². The number of nitrogens with zero attached hydrogens (tertiary/aromatic N) is 1. The third kappa shape index (κ3) is 5.26. The Labute approximate surface area is 157 Å². The zero-order chi connectivity index (χ0) is 19.3. The Bertz CT molecular complexity index is 947. The van der Waals surface area contributed by atoms with E-state index in [2.05, 4.69) is 16.6 Å². The molecule has 0 saturated carbocycles. The fraction of sp³-hybridized carbons (Fsp3) is 0.167. The van der Waals surface area contributed by atoms with Crippen LogP contribution in [-0.4, -0.2) is 29.7 Å². The number of thiocarbonyl (C=S) groups is 1. The van der Waals surface area contributed by atoms with Crippen molar-refractivity contribution in [2.24, 2.45) is 0 Å². The first kappa shape index (κ1) is 19.8. The van der Waals surface area contributed by atoms with E-state index in [4.69, 9.17) is 12.2 Å². The highest BCUT2D eigenvalue weighted by atomic mass is 32.2. The van der Waals surface area contributed by atoms with Crippen LogP contribution in [-0.2, 0) is 10.0 Å². The number of hydrogen-bond donors (Lipinski definition) is 2. The van der Waals surface area contributed by atoms with Crippen LogP contribution in [0.1, 0.15) is 19.4 Å². The molecule has 0 aromatic heterocycles. The molecule has 0 spiro atoms. The number of nitrogens with one attached hydrogen (secondary N) is 1. The first-order chi connectivity index (χ1) is 12.2. The Balaban J connectivity index is 2.10. The second-order valence-corrected chi connectivity index (χ2v) is 7.72. The van der Waals surface area contributed by atoms with Crippen molar-refractivity contribution in [3.05, 3.63) is 59.9 Å². The highest BCUT2D eigenvalue weighted by Crippen LogP contribution is 2.17. The Morgan fingerprint density at radius 2 is 1.77 bits per heavy atom. The minimum Gasteiger partial charge on any atom is -0.287 e. The van der Waals surface area contributed by atoms with E-state index in [0.717, 1.165) is 17.2 Å². The molecular weight excluding hydrogens is 375 g/mol. The normalized spacial score (nSPS) is 11.8. The molecule has 2 aromatic rings. The predicted octanol–water partition coefficient (Wildman–Crippen LogP) is 3.41. The second-order valence-electron chi connectivity index (χ2n) is 5.45. The van der Waals surface area contributed by atoms with Gasteiger partial charge in [0.15, 0.2) is 0 Å². The van der Waals surface area contributed by atoms with Gasteiger partial charge in [-0.2, -0.15) is 0 Å². The molecule has 0 aliphatic heterocycles. The number of hydroxylamine groups is 2. The van der Waals surface area contributed by atoms with Gasteiger partial charge in [0.2, 0.25) is 0 Å². The summed E-state index contributed by atoms with van der Waals surface area (Å²) >= 11 is 4.86. The molecule has 136 valence electrons. The molecule has 2 aromatic carbocycles. The van der Waals surface area contributed by atoms with Gasteiger partial charge in [0.05, 0.1) is 4.90 Å². The van der Waals surface area contributed by atoms with Crippen molar-refractivity contribution in [2.45, 2.75) is 24.8 Å². The molecule has 2 N–H and O–H groups in total. The highest BCUT2D eigenvalue weighted by Gasteiger charge is 2.14. The van der Waals surface area contributed by atoms with Crippen LogP contribution in [0.4, 0.5) is 10.1 Å². The maximum absolute atomic E-state index is 12.9. The minimum absolute atomic E-state index is 0.0323. The monoisotopic (exact) mass is 392 g/mol. The van der Waals surface area contributed by atoms with Crippen LogP contribution in [0.25, 0.3) is 0 Å².